The van der Waals surface area contributed by atoms with Crippen molar-refractivity contribution in [2.45, 2.75) is 0 Å². The van der Waals surface area contributed by atoms with Gasteiger partial charge in [-0.1, -0.05) is 52.3 Å². The molecule has 0 saturated heterocycles. The molecule has 0 aliphatic carbocycles. The molecule has 78 valence electrons. The molecule has 2 rings (SSSR count). The third-order valence-corrected chi connectivity index (χ3v) is 2.95. The highest BCUT2D eigenvalue weighted by molar-refractivity contribution is 9.10. The van der Waals surface area contributed by atoms with Gasteiger partial charge in [0.2, 0.25) is 0 Å². The van der Waals surface area contributed by atoms with Crippen molar-refractivity contribution in [1.29, 1.82) is 0 Å². The fourth-order valence-electron chi connectivity index (χ4n) is 1.57. The summed E-state index contributed by atoms with van der Waals surface area (Å²) in [5, 5.41) is 0.841. The summed E-state index contributed by atoms with van der Waals surface area (Å²) in [6.45, 7) is -4.95. The Bertz CT molecular complexity index is 507. The molecule has 0 bridgehead atoms. The number of halogens is 4. The van der Waals surface area contributed by atoms with Crippen LogP contribution >= 0.6 is 15.9 Å². The quantitative estimate of drug-likeness (QED) is 0.696. The van der Waals surface area contributed by atoms with Gasteiger partial charge in [-0.15, -0.1) is 5.46 Å². The molecule has 0 spiro atoms. The van der Waals surface area contributed by atoms with E-state index in [4.69, 9.17) is 0 Å². The van der Waals surface area contributed by atoms with E-state index in [2.05, 4.69) is 15.9 Å². The van der Waals surface area contributed by atoms with Crippen LogP contribution in [0.15, 0.2) is 40.9 Å². The fraction of sp³-hybridized carbons (Fsp3) is 0. The molecule has 0 fully saturated rings. The average Bonchev–Trinajstić information content (AvgIpc) is 2.17. The van der Waals surface area contributed by atoms with Crippen molar-refractivity contribution in [3.63, 3.8) is 0 Å². The van der Waals surface area contributed by atoms with Gasteiger partial charge in [-0.25, -0.2) is 0 Å². The van der Waals surface area contributed by atoms with Gasteiger partial charge in [-0.2, -0.15) is 0 Å². The van der Waals surface area contributed by atoms with Crippen LogP contribution < -0.4 is 5.46 Å². The first-order chi connectivity index (χ1) is 7.00. The van der Waals surface area contributed by atoms with Gasteiger partial charge in [0.05, 0.1) is 0 Å². The van der Waals surface area contributed by atoms with Crippen LogP contribution in [0.4, 0.5) is 12.9 Å². The standard InChI is InChI=1S/C10H6BBrF3/c12-10-6-5-9(11(13,14)15)7-3-1-2-4-8(7)10/h1-6H/q-1. The van der Waals surface area contributed by atoms with Crippen LogP contribution in [0.5, 0.6) is 0 Å². The lowest BCUT2D eigenvalue weighted by Gasteiger charge is -2.18. The first-order valence-corrected chi connectivity index (χ1v) is 5.16. The third-order valence-electron chi connectivity index (χ3n) is 2.26. The minimum atomic E-state index is -4.95. The van der Waals surface area contributed by atoms with Gasteiger partial charge in [-0.3, -0.25) is 0 Å². The molecule has 15 heavy (non-hydrogen) atoms. The van der Waals surface area contributed by atoms with Gasteiger partial charge in [-0.05, 0) is 10.8 Å². The van der Waals surface area contributed by atoms with Crippen LogP contribution in [0.2, 0.25) is 0 Å². The zero-order valence-electron chi connectivity index (χ0n) is 7.55. The Balaban J connectivity index is 2.84. The predicted molar refractivity (Wildman–Crippen MR) is 60.4 cm³/mol. The van der Waals surface area contributed by atoms with Crippen LogP contribution in [-0.2, 0) is 0 Å². The molecular formula is C10H6BBrF3-. The van der Waals surface area contributed by atoms with Crippen molar-refractivity contribution >= 4 is 39.1 Å². The van der Waals surface area contributed by atoms with Crippen molar-refractivity contribution in [3.05, 3.63) is 40.9 Å². The van der Waals surface area contributed by atoms with E-state index in [1.54, 1.807) is 18.2 Å². The smallest absolute Gasteiger partial charge is 0.445 e. The number of hydrogen-bond acceptors (Lipinski definition) is 0. The molecule has 5 heteroatoms. The first kappa shape index (κ1) is 10.5. The molecule has 0 aliphatic heterocycles. The molecule has 0 radical (unpaired) electrons. The first-order valence-electron chi connectivity index (χ1n) is 4.37. The highest BCUT2D eigenvalue weighted by Gasteiger charge is 2.27. The van der Waals surface area contributed by atoms with E-state index in [-0.39, 0.29) is 5.39 Å². The maximum Gasteiger partial charge on any atom is 0.510 e. The summed E-state index contributed by atoms with van der Waals surface area (Å²) in [6, 6.07) is 9.05. The summed E-state index contributed by atoms with van der Waals surface area (Å²) < 4.78 is 38.8. The zero-order chi connectivity index (χ0) is 11.1. The summed E-state index contributed by atoms with van der Waals surface area (Å²) in [5.74, 6) is 0. The normalized spacial score (nSPS) is 12.0. The molecule has 0 saturated carbocycles. The lowest BCUT2D eigenvalue weighted by Crippen LogP contribution is -2.34. The largest absolute Gasteiger partial charge is 0.510 e. The maximum absolute atomic E-state index is 12.7. The maximum atomic E-state index is 12.7. The van der Waals surface area contributed by atoms with Crippen molar-refractivity contribution in [3.8, 4) is 0 Å². The Kier molecular flexibility index (Phi) is 2.50. The average molecular weight is 274 g/mol. The van der Waals surface area contributed by atoms with Crippen LogP contribution in [0, 0.1) is 0 Å². The van der Waals surface area contributed by atoms with Gasteiger partial charge in [0.25, 0.3) is 0 Å². The number of hydrogen-bond donors (Lipinski definition) is 0. The van der Waals surface area contributed by atoms with Gasteiger partial charge < -0.3 is 12.9 Å². The highest BCUT2D eigenvalue weighted by atomic mass is 79.9. The SMILES string of the molecule is F[B-](F)(F)c1ccc(Br)c2ccccc12. The summed E-state index contributed by atoms with van der Waals surface area (Å²) >= 11 is 3.24. The molecule has 0 amide bonds. The third kappa shape index (κ3) is 1.88. The van der Waals surface area contributed by atoms with E-state index >= 15 is 0 Å². The molecule has 2 aromatic carbocycles. The van der Waals surface area contributed by atoms with Gasteiger partial charge in [0.15, 0.2) is 0 Å². The highest BCUT2D eigenvalue weighted by Crippen LogP contribution is 2.25. The number of benzene rings is 2. The minimum Gasteiger partial charge on any atom is -0.445 e. The molecular weight excluding hydrogens is 268 g/mol. The summed E-state index contributed by atoms with van der Waals surface area (Å²) in [7, 11) is 0. The Morgan fingerprint density at radius 3 is 2.07 bits per heavy atom. The van der Waals surface area contributed by atoms with E-state index in [9.17, 15) is 12.9 Å². The monoisotopic (exact) mass is 273 g/mol. The molecule has 0 nitrogen and oxygen atoms in total. The van der Waals surface area contributed by atoms with Crippen LogP contribution in [-0.4, -0.2) is 6.98 Å². The van der Waals surface area contributed by atoms with Crippen LogP contribution in [0.1, 0.15) is 0 Å². The van der Waals surface area contributed by atoms with Crippen molar-refractivity contribution < 1.29 is 12.9 Å². The zero-order valence-corrected chi connectivity index (χ0v) is 9.14. The lowest BCUT2D eigenvalue weighted by molar-refractivity contribution is 0.502. The molecule has 0 atom stereocenters. The van der Waals surface area contributed by atoms with Crippen molar-refractivity contribution in [2.24, 2.45) is 0 Å². The molecule has 0 aliphatic rings. The number of fused-ring (bicyclic) bond motifs is 1. The Morgan fingerprint density at radius 1 is 0.867 bits per heavy atom. The van der Waals surface area contributed by atoms with Gasteiger partial charge in [0, 0.05) is 4.47 Å². The van der Waals surface area contributed by atoms with Gasteiger partial charge >= 0.3 is 6.98 Å². The second kappa shape index (κ2) is 3.56. The number of rotatable bonds is 1. The summed E-state index contributed by atoms with van der Waals surface area (Å²) in [5.41, 5.74) is -0.534. The molecule has 0 aromatic heterocycles. The van der Waals surface area contributed by atoms with Crippen molar-refractivity contribution in [2.75, 3.05) is 0 Å². The minimum absolute atomic E-state index is 0.249. The Hall–Kier alpha value is -0.965. The van der Waals surface area contributed by atoms with Crippen molar-refractivity contribution in [1.82, 2.24) is 0 Å². The Morgan fingerprint density at radius 2 is 1.47 bits per heavy atom. The molecule has 0 unspecified atom stereocenters. The molecule has 0 N–H and O–H groups in total. The molecule has 0 heterocycles. The fourth-order valence-corrected chi connectivity index (χ4v) is 2.05. The van der Waals surface area contributed by atoms with E-state index < -0.39 is 12.4 Å². The molecule has 2 aromatic rings. The van der Waals surface area contributed by atoms with Crippen LogP contribution in [0.3, 0.4) is 0 Å². The predicted octanol–water partition coefficient (Wildman–Crippen LogP) is 3.66. The van der Waals surface area contributed by atoms with E-state index in [0.717, 1.165) is 6.07 Å². The van der Waals surface area contributed by atoms with E-state index in [1.807, 2.05) is 0 Å². The van der Waals surface area contributed by atoms with Crippen LogP contribution in [0.25, 0.3) is 10.8 Å². The van der Waals surface area contributed by atoms with E-state index in [0.29, 0.717) is 9.86 Å². The lowest BCUT2D eigenvalue weighted by atomic mass is 9.77. The Labute approximate surface area is 93.3 Å². The van der Waals surface area contributed by atoms with E-state index in [1.165, 1.54) is 12.1 Å². The summed E-state index contributed by atoms with van der Waals surface area (Å²) in [6.07, 6.45) is 0. The second-order valence-electron chi connectivity index (χ2n) is 3.26. The topological polar surface area (TPSA) is 0 Å². The van der Waals surface area contributed by atoms with Gasteiger partial charge in [0.1, 0.15) is 0 Å². The second-order valence-corrected chi connectivity index (χ2v) is 4.11. The summed E-state index contributed by atoms with van der Waals surface area (Å²) in [4.78, 5) is 0.